The highest BCUT2D eigenvalue weighted by Crippen LogP contribution is 2.31. The average Bonchev–Trinajstić information content (AvgIpc) is 2.86. The van der Waals surface area contributed by atoms with Gasteiger partial charge in [0.05, 0.1) is 0 Å². The molecule has 1 aliphatic carbocycles. The number of benzene rings is 1. The maximum atomic E-state index is 14.1. The molecule has 27 heavy (non-hydrogen) atoms. The summed E-state index contributed by atoms with van der Waals surface area (Å²) in [5.41, 5.74) is -1.95. The summed E-state index contributed by atoms with van der Waals surface area (Å²) in [5, 5.41) is 5.34. The van der Waals surface area contributed by atoms with E-state index in [1.807, 2.05) is 0 Å². The van der Waals surface area contributed by atoms with Crippen LogP contribution in [0.2, 0.25) is 0 Å². The van der Waals surface area contributed by atoms with Crippen LogP contribution in [0, 0.1) is 11.6 Å². The number of rotatable bonds is 5. The zero-order valence-electron chi connectivity index (χ0n) is 15.2. The minimum atomic E-state index is -1.71. The van der Waals surface area contributed by atoms with E-state index >= 15 is 0 Å². The number of amides is 4. The van der Waals surface area contributed by atoms with Gasteiger partial charge < -0.3 is 10.6 Å². The fourth-order valence-corrected chi connectivity index (χ4v) is 3.72. The van der Waals surface area contributed by atoms with Crippen molar-refractivity contribution in [2.24, 2.45) is 0 Å². The molecule has 2 N–H and O–H groups in total. The zero-order chi connectivity index (χ0) is 19.6. The lowest BCUT2D eigenvalue weighted by Crippen LogP contribution is -2.42. The highest BCUT2D eigenvalue weighted by atomic mass is 19.1. The first kappa shape index (κ1) is 19.3. The Labute approximate surface area is 156 Å². The van der Waals surface area contributed by atoms with Gasteiger partial charge in [-0.3, -0.25) is 14.5 Å². The quantitative estimate of drug-likeness (QED) is 0.772. The summed E-state index contributed by atoms with van der Waals surface area (Å²) in [7, 11) is 0. The summed E-state index contributed by atoms with van der Waals surface area (Å²) >= 11 is 0. The molecule has 0 bridgehead atoms. The van der Waals surface area contributed by atoms with Crippen molar-refractivity contribution in [2.45, 2.75) is 57.0 Å². The third-order valence-corrected chi connectivity index (χ3v) is 5.27. The molecular weight excluding hydrogens is 356 g/mol. The maximum Gasteiger partial charge on any atom is 0.325 e. The number of halogens is 2. The van der Waals surface area contributed by atoms with Crippen molar-refractivity contribution in [1.82, 2.24) is 15.5 Å². The molecular formula is C19H23F2N3O3. The second kappa shape index (κ2) is 7.62. The van der Waals surface area contributed by atoms with Gasteiger partial charge in [0.15, 0.2) is 0 Å². The molecule has 8 heteroatoms. The molecule has 1 unspecified atom stereocenters. The van der Waals surface area contributed by atoms with E-state index in [0.29, 0.717) is 0 Å². The molecule has 1 aromatic carbocycles. The van der Waals surface area contributed by atoms with Crippen LogP contribution in [-0.2, 0) is 15.1 Å². The molecule has 3 rings (SSSR count). The van der Waals surface area contributed by atoms with Gasteiger partial charge in [-0.1, -0.05) is 19.3 Å². The van der Waals surface area contributed by atoms with Crippen LogP contribution in [-0.4, -0.2) is 35.3 Å². The van der Waals surface area contributed by atoms with E-state index in [0.717, 1.165) is 48.8 Å². The Hall–Kier alpha value is -2.51. The van der Waals surface area contributed by atoms with Crippen LogP contribution in [0.3, 0.4) is 0 Å². The molecule has 2 fully saturated rings. The molecule has 1 aliphatic heterocycles. The number of carbonyl (C=O) groups is 3. The first-order chi connectivity index (χ1) is 12.8. The maximum absolute atomic E-state index is 14.1. The molecule has 146 valence electrons. The van der Waals surface area contributed by atoms with Gasteiger partial charge in [-0.25, -0.2) is 13.6 Å². The number of urea groups is 1. The monoisotopic (exact) mass is 379 g/mol. The SMILES string of the molecule is CC1(c2cc(F)ccc2F)NC(=O)N(CCC(=O)NC2CCCCC2)C1=O. The Balaban J connectivity index is 1.65. The highest BCUT2D eigenvalue weighted by Gasteiger charge is 2.50. The van der Waals surface area contributed by atoms with E-state index in [1.165, 1.54) is 13.3 Å². The van der Waals surface area contributed by atoms with Crippen LogP contribution in [0.4, 0.5) is 13.6 Å². The molecule has 6 nitrogen and oxygen atoms in total. The van der Waals surface area contributed by atoms with Crippen molar-refractivity contribution >= 4 is 17.8 Å². The fraction of sp³-hybridized carbons (Fsp3) is 0.526. The van der Waals surface area contributed by atoms with Crippen molar-refractivity contribution in [3.8, 4) is 0 Å². The fourth-order valence-electron chi connectivity index (χ4n) is 3.72. The number of imide groups is 1. The molecule has 0 aromatic heterocycles. The summed E-state index contributed by atoms with van der Waals surface area (Å²) in [6.07, 6.45) is 5.17. The van der Waals surface area contributed by atoms with Crippen LogP contribution in [0.5, 0.6) is 0 Å². The minimum absolute atomic E-state index is 0.0304. The van der Waals surface area contributed by atoms with Crippen molar-refractivity contribution in [1.29, 1.82) is 0 Å². The van der Waals surface area contributed by atoms with Gasteiger partial charge >= 0.3 is 6.03 Å². The molecule has 2 aliphatic rings. The number of nitrogens with one attached hydrogen (secondary N) is 2. The predicted molar refractivity (Wildman–Crippen MR) is 93.6 cm³/mol. The summed E-state index contributed by atoms with van der Waals surface area (Å²) in [4.78, 5) is 37.9. The lowest BCUT2D eigenvalue weighted by molar-refractivity contribution is -0.131. The number of nitrogens with zero attached hydrogens (tertiary/aromatic N) is 1. The largest absolute Gasteiger partial charge is 0.353 e. The second-order valence-electron chi connectivity index (χ2n) is 7.29. The average molecular weight is 379 g/mol. The third-order valence-electron chi connectivity index (χ3n) is 5.27. The van der Waals surface area contributed by atoms with E-state index in [4.69, 9.17) is 0 Å². The summed E-state index contributed by atoms with van der Waals surface area (Å²) in [5.74, 6) is -2.43. The number of hydrogen-bond acceptors (Lipinski definition) is 3. The van der Waals surface area contributed by atoms with E-state index < -0.39 is 29.1 Å². The standard InChI is InChI=1S/C19H23F2N3O3/c1-19(14-11-12(20)7-8-15(14)21)17(26)24(18(27)23-19)10-9-16(25)22-13-5-3-2-4-6-13/h7-8,11,13H,2-6,9-10H2,1H3,(H,22,25)(H,23,27). The van der Waals surface area contributed by atoms with Gasteiger partial charge in [0.1, 0.15) is 17.2 Å². The Morgan fingerprint density at radius 1 is 1.26 bits per heavy atom. The molecule has 1 atom stereocenters. The first-order valence-electron chi connectivity index (χ1n) is 9.20. The van der Waals surface area contributed by atoms with Crippen molar-refractivity contribution in [3.63, 3.8) is 0 Å². The van der Waals surface area contributed by atoms with E-state index in [1.54, 1.807) is 0 Å². The summed E-state index contributed by atoms with van der Waals surface area (Å²) in [6.45, 7) is 1.21. The molecule has 1 saturated carbocycles. The topological polar surface area (TPSA) is 78.5 Å². The number of carbonyl (C=O) groups excluding carboxylic acids is 3. The molecule has 4 amide bonds. The van der Waals surface area contributed by atoms with E-state index in [9.17, 15) is 23.2 Å². The first-order valence-corrected chi connectivity index (χ1v) is 9.20. The Morgan fingerprint density at radius 3 is 2.67 bits per heavy atom. The lowest BCUT2D eigenvalue weighted by Gasteiger charge is -2.24. The normalized spacial score (nSPS) is 23.4. The Morgan fingerprint density at radius 2 is 1.96 bits per heavy atom. The minimum Gasteiger partial charge on any atom is -0.353 e. The number of hydrogen-bond donors (Lipinski definition) is 2. The summed E-state index contributed by atoms with van der Waals surface area (Å²) < 4.78 is 27.6. The van der Waals surface area contributed by atoms with Crippen LogP contribution in [0.15, 0.2) is 18.2 Å². The Kier molecular flexibility index (Phi) is 5.43. The van der Waals surface area contributed by atoms with Gasteiger partial charge in [0.25, 0.3) is 5.91 Å². The highest BCUT2D eigenvalue weighted by molar-refractivity contribution is 6.07. The predicted octanol–water partition coefficient (Wildman–Crippen LogP) is 2.57. The van der Waals surface area contributed by atoms with Crippen LogP contribution >= 0.6 is 0 Å². The third kappa shape index (κ3) is 3.94. The van der Waals surface area contributed by atoms with Crippen LogP contribution in [0.25, 0.3) is 0 Å². The van der Waals surface area contributed by atoms with Crippen molar-refractivity contribution in [2.75, 3.05) is 6.54 Å². The molecule has 1 aromatic rings. The molecule has 1 saturated heterocycles. The molecule has 0 spiro atoms. The van der Waals surface area contributed by atoms with Crippen LogP contribution in [0.1, 0.15) is 51.0 Å². The smallest absolute Gasteiger partial charge is 0.325 e. The van der Waals surface area contributed by atoms with Gasteiger partial charge in [0.2, 0.25) is 5.91 Å². The van der Waals surface area contributed by atoms with Crippen molar-refractivity contribution < 1.29 is 23.2 Å². The lowest BCUT2D eigenvalue weighted by atomic mass is 9.91. The van der Waals surface area contributed by atoms with Gasteiger partial charge in [-0.15, -0.1) is 0 Å². The van der Waals surface area contributed by atoms with Crippen LogP contribution < -0.4 is 10.6 Å². The second-order valence-corrected chi connectivity index (χ2v) is 7.29. The van der Waals surface area contributed by atoms with E-state index in [2.05, 4.69) is 10.6 Å². The van der Waals surface area contributed by atoms with E-state index in [-0.39, 0.29) is 30.5 Å². The summed E-state index contributed by atoms with van der Waals surface area (Å²) in [6, 6.07) is 2.16. The Bertz CT molecular complexity index is 765. The van der Waals surface area contributed by atoms with Crippen molar-refractivity contribution in [3.05, 3.63) is 35.4 Å². The van der Waals surface area contributed by atoms with Gasteiger partial charge in [0, 0.05) is 24.6 Å². The molecule has 1 heterocycles. The zero-order valence-corrected chi connectivity index (χ0v) is 15.2. The molecule has 0 radical (unpaired) electrons. The van der Waals surface area contributed by atoms with Gasteiger partial charge in [-0.05, 0) is 38.0 Å². The van der Waals surface area contributed by atoms with Gasteiger partial charge in [-0.2, -0.15) is 0 Å².